The number of aromatic nitrogens is 2. The third-order valence-corrected chi connectivity index (χ3v) is 7.08. The van der Waals surface area contributed by atoms with Gasteiger partial charge >= 0.3 is 0 Å². The molecule has 0 N–H and O–H groups in total. The number of rotatable bonds is 15. The molecule has 2 atom stereocenters. The molecule has 0 spiro atoms. The molecule has 4 aromatic rings. The maximum atomic E-state index is 6.10. The predicted molar refractivity (Wildman–Crippen MR) is 172 cm³/mol. The number of nitrogens with zero attached hydrogens (tertiary/aromatic N) is 2. The number of hydrogen-bond acceptors (Lipinski definition) is 4. The number of pyridine rings is 2. The minimum atomic E-state index is 0.101. The number of hydrogen-bond donors (Lipinski definition) is 0. The smallest absolute Gasteiger partial charge is 0.0994 e. The van der Waals surface area contributed by atoms with Crippen molar-refractivity contribution in [3.05, 3.63) is 108 Å². The van der Waals surface area contributed by atoms with E-state index >= 15 is 0 Å². The van der Waals surface area contributed by atoms with Crippen LogP contribution in [0.15, 0.2) is 97.1 Å². The molecule has 0 fully saturated rings. The first kappa shape index (κ1) is 32.2. The normalized spacial score (nSPS) is 12.3. The first-order valence-electron chi connectivity index (χ1n) is 15.4. The van der Waals surface area contributed by atoms with Crippen LogP contribution in [0.5, 0.6) is 0 Å². The molecular formula is C37H48N2O2. The van der Waals surface area contributed by atoms with Crippen molar-refractivity contribution >= 4 is 0 Å². The van der Waals surface area contributed by atoms with Gasteiger partial charge in [0.15, 0.2) is 0 Å². The summed E-state index contributed by atoms with van der Waals surface area (Å²) in [6.07, 6.45) is 9.27. The average Bonchev–Trinajstić information content (AvgIpc) is 3.04. The van der Waals surface area contributed by atoms with Gasteiger partial charge in [-0.25, -0.2) is 0 Å². The lowest BCUT2D eigenvalue weighted by Crippen LogP contribution is -2.08. The monoisotopic (exact) mass is 552 g/mol. The highest BCUT2D eigenvalue weighted by Gasteiger charge is 2.14. The van der Waals surface area contributed by atoms with Gasteiger partial charge in [0.25, 0.3) is 0 Å². The SMILES string of the molecule is CCCCC(OC)c1cccc(-c2ccccc2)n1.CCCCOC(CCCC)c1cccc(-c2ccccc2)n1. The van der Waals surface area contributed by atoms with Gasteiger partial charge < -0.3 is 9.47 Å². The van der Waals surface area contributed by atoms with Crippen LogP contribution in [-0.2, 0) is 9.47 Å². The van der Waals surface area contributed by atoms with Crippen LogP contribution in [0, 0.1) is 0 Å². The molecule has 0 amide bonds. The summed E-state index contributed by atoms with van der Waals surface area (Å²) in [5.41, 5.74) is 6.43. The summed E-state index contributed by atoms with van der Waals surface area (Å²) in [5, 5.41) is 0. The van der Waals surface area contributed by atoms with E-state index in [2.05, 4.69) is 87.5 Å². The third kappa shape index (κ3) is 10.9. The van der Waals surface area contributed by atoms with Crippen molar-refractivity contribution in [3.63, 3.8) is 0 Å². The van der Waals surface area contributed by atoms with Crippen LogP contribution in [-0.4, -0.2) is 23.7 Å². The Morgan fingerprint density at radius 1 is 0.537 bits per heavy atom. The molecule has 2 unspecified atom stereocenters. The summed E-state index contributed by atoms with van der Waals surface area (Å²) >= 11 is 0. The first-order chi connectivity index (χ1) is 20.2. The minimum Gasteiger partial charge on any atom is -0.375 e. The van der Waals surface area contributed by atoms with Gasteiger partial charge in [0.05, 0.1) is 35.0 Å². The van der Waals surface area contributed by atoms with Crippen molar-refractivity contribution in [1.29, 1.82) is 0 Å². The number of unbranched alkanes of at least 4 members (excludes halogenated alkanes) is 3. The Labute approximate surface area is 248 Å². The van der Waals surface area contributed by atoms with Crippen molar-refractivity contribution < 1.29 is 9.47 Å². The van der Waals surface area contributed by atoms with E-state index in [1.54, 1.807) is 7.11 Å². The largest absolute Gasteiger partial charge is 0.375 e. The zero-order chi connectivity index (χ0) is 29.1. The average molecular weight is 553 g/mol. The van der Waals surface area contributed by atoms with Crippen LogP contribution in [0.2, 0.25) is 0 Å². The summed E-state index contributed by atoms with van der Waals surface area (Å²) in [4.78, 5) is 9.59. The van der Waals surface area contributed by atoms with E-state index in [-0.39, 0.29) is 12.2 Å². The van der Waals surface area contributed by atoms with E-state index in [0.29, 0.717) is 0 Å². The molecule has 4 rings (SSSR count). The third-order valence-electron chi connectivity index (χ3n) is 7.08. The van der Waals surface area contributed by atoms with Gasteiger partial charge in [-0.3, -0.25) is 9.97 Å². The summed E-state index contributed by atoms with van der Waals surface area (Å²) in [5.74, 6) is 0. The number of methoxy groups -OCH3 is 1. The molecule has 0 aliphatic heterocycles. The van der Waals surface area contributed by atoms with E-state index in [1.807, 2.05) is 30.3 Å². The second kappa shape index (κ2) is 18.9. The fourth-order valence-electron chi connectivity index (χ4n) is 4.65. The van der Waals surface area contributed by atoms with Gasteiger partial charge in [0.1, 0.15) is 0 Å². The molecular weight excluding hydrogens is 504 g/mol. The number of benzene rings is 2. The first-order valence-corrected chi connectivity index (χ1v) is 15.4. The second-order valence-corrected chi connectivity index (χ2v) is 10.3. The molecule has 2 aromatic carbocycles. The molecule has 4 heteroatoms. The van der Waals surface area contributed by atoms with Gasteiger partial charge in [0, 0.05) is 24.8 Å². The highest BCUT2D eigenvalue weighted by atomic mass is 16.5. The molecule has 2 heterocycles. The summed E-state index contributed by atoms with van der Waals surface area (Å²) in [6.45, 7) is 7.43. The molecule has 0 aliphatic rings. The fraction of sp³-hybridized carbons (Fsp3) is 0.405. The molecule has 2 aromatic heterocycles. The Bertz CT molecular complexity index is 1230. The van der Waals surface area contributed by atoms with Gasteiger partial charge in [-0.15, -0.1) is 0 Å². The van der Waals surface area contributed by atoms with E-state index in [1.165, 1.54) is 19.3 Å². The Kier molecular flexibility index (Phi) is 14.8. The maximum Gasteiger partial charge on any atom is 0.0994 e. The van der Waals surface area contributed by atoms with Crippen molar-refractivity contribution in [1.82, 2.24) is 9.97 Å². The Balaban J connectivity index is 0.000000228. The van der Waals surface area contributed by atoms with Gasteiger partial charge in [-0.05, 0) is 43.5 Å². The van der Waals surface area contributed by atoms with Crippen LogP contribution < -0.4 is 0 Å². The van der Waals surface area contributed by atoms with Crippen LogP contribution >= 0.6 is 0 Å². The van der Waals surface area contributed by atoms with Gasteiger partial charge in [-0.2, -0.15) is 0 Å². The minimum absolute atomic E-state index is 0.101. The molecule has 0 radical (unpaired) electrons. The Hall–Kier alpha value is -3.34. The topological polar surface area (TPSA) is 44.2 Å². The Morgan fingerprint density at radius 2 is 1.00 bits per heavy atom. The number of ether oxygens (including phenoxy) is 2. The lowest BCUT2D eigenvalue weighted by molar-refractivity contribution is 0.0405. The van der Waals surface area contributed by atoms with Crippen molar-refractivity contribution in [2.45, 2.75) is 84.3 Å². The Morgan fingerprint density at radius 3 is 1.46 bits per heavy atom. The summed E-state index contributed by atoms with van der Waals surface area (Å²) < 4.78 is 11.7. The quantitative estimate of drug-likeness (QED) is 0.138. The van der Waals surface area contributed by atoms with Gasteiger partial charge in [0.2, 0.25) is 0 Å². The molecule has 218 valence electrons. The molecule has 41 heavy (non-hydrogen) atoms. The lowest BCUT2D eigenvalue weighted by atomic mass is 10.1. The highest BCUT2D eigenvalue weighted by Crippen LogP contribution is 2.26. The van der Waals surface area contributed by atoms with Gasteiger partial charge in [-0.1, -0.05) is 126 Å². The zero-order valence-electron chi connectivity index (χ0n) is 25.5. The van der Waals surface area contributed by atoms with E-state index in [9.17, 15) is 0 Å². The van der Waals surface area contributed by atoms with E-state index in [0.717, 1.165) is 72.6 Å². The van der Waals surface area contributed by atoms with Crippen LogP contribution in [0.1, 0.15) is 95.7 Å². The zero-order valence-corrected chi connectivity index (χ0v) is 25.5. The van der Waals surface area contributed by atoms with E-state index < -0.39 is 0 Å². The lowest BCUT2D eigenvalue weighted by Gasteiger charge is -2.18. The maximum absolute atomic E-state index is 6.10. The summed E-state index contributed by atoms with van der Waals surface area (Å²) in [6, 6.07) is 33.0. The standard InChI is InChI=1S/C20H27NO.C17H21NO/c1-3-5-15-20(22-16-6-4-2)19-14-10-13-18(21-19)17-11-8-7-9-12-17;1-3-4-13-17(19-2)16-12-8-11-15(18-16)14-9-6-5-7-10-14/h7-14,20H,3-6,15-16H2,1-2H3;5-12,17H,3-4,13H2,1-2H3. The van der Waals surface area contributed by atoms with Crippen molar-refractivity contribution in [2.24, 2.45) is 0 Å². The molecule has 0 saturated carbocycles. The summed E-state index contributed by atoms with van der Waals surface area (Å²) in [7, 11) is 1.76. The molecule has 0 aliphatic carbocycles. The molecule has 4 nitrogen and oxygen atoms in total. The van der Waals surface area contributed by atoms with Crippen molar-refractivity contribution in [2.75, 3.05) is 13.7 Å². The van der Waals surface area contributed by atoms with E-state index in [4.69, 9.17) is 19.4 Å². The van der Waals surface area contributed by atoms with Crippen LogP contribution in [0.25, 0.3) is 22.5 Å². The fourth-order valence-corrected chi connectivity index (χ4v) is 4.65. The van der Waals surface area contributed by atoms with Crippen molar-refractivity contribution in [3.8, 4) is 22.5 Å². The predicted octanol–water partition coefficient (Wildman–Crippen LogP) is 10.4. The molecule has 0 bridgehead atoms. The second-order valence-electron chi connectivity index (χ2n) is 10.3. The van der Waals surface area contributed by atoms with Crippen LogP contribution in [0.3, 0.4) is 0 Å². The molecule has 0 saturated heterocycles. The van der Waals surface area contributed by atoms with Crippen LogP contribution in [0.4, 0.5) is 0 Å². The highest BCUT2D eigenvalue weighted by molar-refractivity contribution is 5.59.